The van der Waals surface area contributed by atoms with Crippen LogP contribution in [-0.4, -0.2) is 11.8 Å². The fourth-order valence-corrected chi connectivity index (χ4v) is 2.42. The van der Waals surface area contributed by atoms with E-state index in [1.54, 1.807) is 39.0 Å². The number of amides is 2. The van der Waals surface area contributed by atoms with Gasteiger partial charge in [-0.3, -0.25) is 9.59 Å². The number of halogens is 2. The Morgan fingerprint density at radius 3 is 2.23 bits per heavy atom. The first-order valence-corrected chi connectivity index (χ1v) is 8.77. The molecule has 0 heterocycles. The van der Waals surface area contributed by atoms with E-state index in [4.69, 9.17) is 23.2 Å². The fraction of sp³-hybridized carbons (Fsp3) is 0.200. The molecule has 0 unspecified atom stereocenters. The zero-order valence-electron chi connectivity index (χ0n) is 14.8. The third kappa shape index (κ3) is 5.61. The third-order valence-corrected chi connectivity index (χ3v) is 4.01. The number of carbonyl (C=O) groups excluding carboxylic acids is 2. The van der Waals surface area contributed by atoms with Crippen LogP contribution in [0.3, 0.4) is 0 Å². The molecule has 0 aliphatic rings. The van der Waals surface area contributed by atoms with Gasteiger partial charge >= 0.3 is 0 Å². The Hall–Kier alpha value is -2.30. The van der Waals surface area contributed by atoms with Crippen molar-refractivity contribution in [3.05, 3.63) is 69.8 Å². The van der Waals surface area contributed by atoms with Crippen LogP contribution in [0.2, 0.25) is 10.0 Å². The van der Waals surface area contributed by atoms with Gasteiger partial charge in [-0.15, -0.1) is 0 Å². The Labute approximate surface area is 163 Å². The normalized spacial score (nSPS) is 11.8. The van der Waals surface area contributed by atoms with Gasteiger partial charge in [0.1, 0.15) is 5.70 Å². The van der Waals surface area contributed by atoms with Crippen molar-refractivity contribution in [2.45, 2.75) is 20.8 Å². The van der Waals surface area contributed by atoms with Crippen molar-refractivity contribution >= 4 is 46.8 Å². The van der Waals surface area contributed by atoms with Crippen LogP contribution in [0.15, 0.2) is 54.2 Å². The summed E-state index contributed by atoms with van der Waals surface area (Å²) in [5, 5.41) is 6.18. The number of benzene rings is 2. The van der Waals surface area contributed by atoms with E-state index in [1.807, 2.05) is 30.3 Å². The maximum absolute atomic E-state index is 12.7. The fourth-order valence-electron chi connectivity index (χ4n) is 1.96. The standard InChI is InChI=1S/C20H20Cl2N2O2/c1-20(2,3)19(26)24-17(11-13-7-5-4-6-8-13)18(25)23-16-10-9-14(21)12-15(16)22/h4-12H,1-3H3,(H,23,25)(H,24,26)/b17-11+. The van der Waals surface area contributed by atoms with E-state index in [0.717, 1.165) is 5.56 Å². The molecule has 2 rings (SSSR count). The Morgan fingerprint density at radius 1 is 1.00 bits per heavy atom. The van der Waals surface area contributed by atoms with Crippen molar-refractivity contribution in [2.75, 3.05) is 5.32 Å². The van der Waals surface area contributed by atoms with Crippen molar-refractivity contribution in [3.8, 4) is 0 Å². The van der Waals surface area contributed by atoms with Crippen molar-refractivity contribution in [2.24, 2.45) is 5.41 Å². The topological polar surface area (TPSA) is 58.2 Å². The monoisotopic (exact) mass is 390 g/mol. The zero-order chi connectivity index (χ0) is 19.3. The van der Waals surface area contributed by atoms with Gasteiger partial charge in [0.2, 0.25) is 5.91 Å². The quantitative estimate of drug-likeness (QED) is 0.710. The number of rotatable bonds is 4. The molecule has 0 aliphatic heterocycles. The summed E-state index contributed by atoms with van der Waals surface area (Å²) >= 11 is 12.0. The van der Waals surface area contributed by atoms with E-state index in [9.17, 15) is 9.59 Å². The van der Waals surface area contributed by atoms with Crippen LogP contribution in [0.25, 0.3) is 6.08 Å². The summed E-state index contributed by atoms with van der Waals surface area (Å²) in [4.78, 5) is 25.1. The lowest BCUT2D eigenvalue weighted by molar-refractivity contribution is -0.128. The van der Waals surface area contributed by atoms with Crippen LogP contribution in [0.1, 0.15) is 26.3 Å². The average Bonchev–Trinajstić information content (AvgIpc) is 2.56. The van der Waals surface area contributed by atoms with Gasteiger partial charge in [0, 0.05) is 10.4 Å². The first kappa shape index (κ1) is 20.0. The minimum atomic E-state index is -0.645. The number of nitrogens with one attached hydrogen (secondary N) is 2. The Balaban J connectivity index is 2.31. The molecule has 136 valence electrons. The summed E-state index contributed by atoms with van der Waals surface area (Å²) in [7, 11) is 0. The second kappa shape index (κ2) is 8.39. The number of carbonyl (C=O) groups is 2. The highest BCUT2D eigenvalue weighted by Crippen LogP contribution is 2.26. The van der Waals surface area contributed by atoms with Crippen molar-refractivity contribution in [1.29, 1.82) is 0 Å². The first-order valence-electron chi connectivity index (χ1n) is 8.01. The second-order valence-electron chi connectivity index (χ2n) is 6.75. The molecule has 0 radical (unpaired) electrons. The van der Waals surface area contributed by atoms with E-state index in [0.29, 0.717) is 15.7 Å². The van der Waals surface area contributed by atoms with Crippen molar-refractivity contribution < 1.29 is 9.59 Å². The van der Waals surface area contributed by atoms with Crippen LogP contribution in [0.5, 0.6) is 0 Å². The highest BCUT2D eigenvalue weighted by molar-refractivity contribution is 6.36. The Bertz CT molecular complexity index is 841. The number of hydrogen-bond donors (Lipinski definition) is 2. The van der Waals surface area contributed by atoms with Gasteiger partial charge in [-0.2, -0.15) is 0 Å². The van der Waals surface area contributed by atoms with Crippen LogP contribution in [-0.2, 0) is 9.59 Å². The van der Waals surface area contributed by atoms with Gasteiger partial charge in [0.15, 0.2) is 0 Å². The molecular weight excluding hydrogens is 371 g/mol. The maximum Gasteiger partial charge on any atom is 0.272 e. The van der Waals surface area contributed by atoms with Crippen LogP contribution >= 0.6 is 23.2 Å². The van der Waals surface area contributed by atoms with Gasteiger partial charge in [0.05, 0.1) is 10.7 Å². The summed E-state index contributed by atoms with van der Waals surface area (Å²) in [6, 6.07) is 14.0. The predicted octanol–water partition coefficient (Wildman–Crippen LogP) is 5.14. The summed E-state index contributed by atoms with van der Waals surface area (Å²) in [6.45, 7) is 5.32. The van der Waals surface area contributed by atoms with Crippen LogP contribution in [0.4, 0.5) is 5.69 Å². The lowest BCUT2D eigenvalue weighted by Gasteiger charge is -2.19. The highest BCUT2D eigenvalue weighted by Gasteiger charge is 2.24. The van der Waals surface area contributed by atoms with E-state index in [1.165, 1.54) is 6.07 Å². The van der Waals surface area contributed by atoms with E-state index in [-0.39, 0.29) is 11.6 Å². The summed E-state index contributed by atoms with van der Waals surface area (Å²) in [5.41, 5.74) is 0.676. The van der Waals surface area contributed by atoms with Gasteiger partial charge in [-0.1, -0.05) is 74.3 Å². The molecule has 2 aromatic carbocycles. The number of hydrogen-bond acceptors (Lipinski definition) is 2. The molecule has 6 heteroatoms. The molecule has 0 aromatic heterocycles. The van der Waals surface area contributed by atoms with Gasteiger partial charge in [0.25, 0.3) is 5.91 Å². The molecule has 0 fully saturated rings. The summed E-state index contributed by atoms with van der Waals surface area (Å²) < 4.78 is 0. The molecular formula is C20H20Cl2N2O2. The van der Waals surface area contributed by atoms with Crippen LogP contribution in [0, 0.1) is 5.41 Å². The minimum Gasteiger partial charge on any atom is -0.321 e. The Morgan fingerprint density at radius 2 is 1.65 bits per heavy atom. The zero-order valence-corrected chi connectivity index (χ0v) is 16.3. The molecule has 0 saturated heterocycles. The smallest absolute Gasteiger partial charge is 0.272 e. The molecule has 2 N–H and O–H groups in total. The van der Waals surface area contributed by atoms with Crippen molar-refractivity contribution in [3.63, 3.8) is 0 Å². The molecule has 2 amide bonds. The molecule has 4 nitrogen and oxygen atoms in total. The summed E-state index contributed by atoms with van der Waals surface area (Å²) in [6.07, 6.45) is 1.61. The van der Waals surface area contributed by atoms with E-state index in [2.05, 4.69) is 10.6 Å². The molecule has 26 heavy (non-hydrogen) atoms. The van der Waals surface area contributed by atoms with Crippen molar-refractivity contribution in [1.82, 2.24) is 5.32 Å². The van der Waals surface area contributed by atoms with Gasteiger partial charge in [-0.25, -0.2) is 0 Å². The number of anilines is 1. The third-order valence-electron chi connectivity index (χ3n) is 3.46. The predicted molar refractivity (Wildman–Crippen MR) is 107 cm³/mol. The molecule has 0 bridgehead atoms. The van der Waals surface area contributed by atoms with Gasteiger partial charge < -0.3 is 10.6 Å². The largest absolute Gasteiger partial charge is 0.321 e. The van der Waals surface area contributed by atoms with Crippen LogP contribution < -0.4 is 10.6 Å². The molecule has 0 saturated carbocycles. The minimum absolute atomic E-state index is 0.127. The molecule has 0 atom stereocenters. The Kier molecular flexibility index (Phi) is 6.46. The molecule has 0 spiro atoms. The SMILES string of the molecule is CC(C)(C)C(=O)N/C(=C/c1ccccc1)C(=O)Nc1ccc(Cl)cc1Cl. The second-order valence-corrected chi connectivity index (χ2v) is 7.59. The van der Waals surface area contributed by atoms with E-state index < -0.39 is 11.3 Å². The van der Waals surface area contributed by atoms with Gasteiger partial charge in [-0.05, 0) is 29.8 Å². The lowest BCUT2D eigenvalue weighted by atomic mass is 9.95. The molecule has 2 aromatic rings. The van der Waals surface area contributed by atoms with E-state index >= 15 is 0 Å². The lowest BCUT2D eigenvalue weighted by Crippen LogP contribution is -2.38. The first-order chi connectivity index (χ1) is 12.2. The highest BCUT2D eigenvalue weighted by atomic mass is 35.5. The summed E-state index contributed by atoms with van der Waals surface area (Å²) in [5.74, 6) is -0.743. The maximum atomic E-state index is 12.7. The average molecular weight is 391 g/mol. The molecule has 0 aliphatic carbocycles.